The second-order valence-electron chi connectivity index (χ2n) is 5.65. The van der Waals surface area contributed by atoms with Gasteiger partial charge < -0.3 is 15.1 Å². The van der Waals surface area contributed by atoms with Gasteiger partial charge in [0.05, 0.1) is 23.0 Å². The molecule has 0 radical (unpaired) electrons. The SMILES string of the molecule is CNC(=O)[C@H]1CN(C(C)=O)CCN(C(=O)Cc2csc(C)n2)C1. The molecule has 7 nitrogen and oxygen atoms in total. The van der Waals surface area contributed by atoms with E-state index in [0.29, 0.717) is 26.2 Å². The average Bonchev–Trinajstić information content (AvgIpc) is 2.79. The summed E-state index contributed by atoms with van der Waals surface area (Å²) in [7, 11) is 1.57. The summed E-state index contributed by atoms with van der Waals surface area (Å²) in [6.07, 6.45) is 0.227. The van der Waals surface area contributed by atoms with Crippen molar-refractivity contribution < 1.29 is 14.4 Å². The molecule has 1 saturated heterocycles. The molecular weight excluding hydrogens is 316 g/mol. The predicted molar refractivity (Wildman–Crippen MR) is 86.9 cm³/mol. The van der Waals surface area contributed by atoms with E-state index in [2.05, 4.69) is 10.3 Å². The zero-order valence-electron chi connectivity index (χ0n) is 13.7. The van der Waals surface area contributed by atoms with Gasteiger partial charge in [-0.05, 0) is 6.92 Å². The van der Waals surface area contributed by atoms with Crippen LogP contribution in [0.2, 0.25) is 0 Å². The molecule has 1 fully saturated rings. The van der Waals surface area contributed by atoms with Crippen LogP contribution in [-0.4, -0.2) is 65.7 Å². The molecule has 1 atom stereocenters. The maximum absolute atomic E-state index is 12.5. The summed E-state index contributed by atoms with van der Waals surface area (Å²) in [5.41, 5.74) is 0.752. The van der Waals surface area contributed by atoms with Crippen LogP contribution < -0.4 is 5.32 Å². The first-order chi connectivity index (χ1) is 10.9. The first-order valence-corrected chi connectivity index (χ1v) is 8.44. The zero-order valence-corrected chi connectivity index (χ0v) is 14.5. The second kappa shape index (κ2) is 7.54. The third kappa shape index (κ3) is 4.51. The highest BCUT2D eigenvalue weighted by Gasteiger charge is 2.30. The van der Waals surface area contributed by atoms with Gasteiger partial charge in [-0.3, -0.25) is 14.4 Å². The average molecular weight is 338 g/mol. The van der Waals surface area contributed by atoms with Crippen LogP contribution in [0.3, 0.4) is 0 Å². The summed E-state index contributed by atoms with van der Waals surface area (Å²) in [5.74, 6) is -0.703. The quantitative estimate of drug-likeness (QED) is 0.844. The lowest BCUT2D eigenvalue weighted by Crippen LogP contribution is -2.42. The van der Waals surface area contributed by atoms with E-state index in [1.165, 1.54) is 18.3 Å². The normalized spacial score (nSPS) is 18.5. The largest absolute Gasteiger partial charge is 0.359 e. The lowest BCUT2D eigenvalue weighted by Gasteiger charge is -2.23. The molecule has 1 N–H and O–H groups in total. The number of thiazole rings is 1. The smallest absolute Gasteiger partial charge is 0.228 e. The van der Waals surface area contributed by atoms with Crippen LogP contribution in [0.1, 0.15) is 17.6 Å². The van der Waals surface area contributed by atoms with E-state index >= 15 is 0 Å². The van der Waals surface area contributed by atoms with Crippen LogP contribution in [0.25, 0.3) is 0 Å². The van der Waals surface area contributed by atoms with Crippen LogP contribution in [0.5, 0.6) is 0 Å². The molecule has 1 aliphatic rings. The van der Waals surface area contributed by atoms with Gasteiger partial charge in [-0.25, -0.2) is 4.98 Å². The van der Waals surface area contributed by atoms with E-state index in [0.717, 1.165) is 10.7 Å². The van der Waals surface area contributed by atoms with Gasteiger partial charge in [0.2, 0.25) is 17.7 Å². The number of amides is 3. The lowest BCUT2D eigenvalue weighted by atomic mass is 10.1. The van der Waals surface area contributed by atoms with Gasteiger partial charge in [-0.2, -0.15) is 0 Å². The van der Waals surface area contributed by atoms with E-state index in [9.17, 15) is 14.4 Å². The molecule has 2 heterocycles. The molecule has 2 rings (SSSR count). The van der Waals surface area contributed by atoms with Crippen molar-refractivity contribution in [3.8, 4) is 0 Å². The lowest BCUT2D eigenvalue weighted by molar-refractivity contribution is -0.132. The number of nitrogens with zero attached hydrogens (tertiary/aromatic N) is 3. The highest BCUT2D eigenvalue weighted by Crippen LogP contribution is 2.14. The van der Waals surface area contributed by atoms with Gasteiger partial charge in [-0.15, -0.1) is 11.3 Å². The Bertz CT molecular complexity index is 601. The minimum atomic E-state index is -0.410. The van der Waals surface area contributed by atoms with E-state index in [1.807, 2.05) is 12.3 Å². The first kappa shape index (κ1) is 17.4. The molecule has 0 bridgehead atoms. The highest BCUT2D eigenvalue weighted by molar-refractivity contribution is 7.09. The summed E-state index contributed by atoms with van der Waals surface area (Å²) < 4.78 is 0. The van der Waals surface area contributed by atoms with Gasteiger partial charge in [0.15, 0.2) is 0 Å². The van der Waals surface area contributed by atoms with Crippen molar-refractivity contribution in [2.75, 3.05) is 33.2 Å². The van der Waals surface area contributed by atoms with Crippen LogP contribution in [-0.2, 0) is 20.8 Å². The Morgan fingerprint density at radius 1 is 1.30 bits per heavy atom. The Hall–Kier alpha value is -1.96. The number of nitrogens with one attached hydrogen (secondary N) is 1. The molecule has 1 aromatic heterocycles. The first-order valence-electron chi connectivity index (χ1n) is 7.56. The molecule has 126 valence electrons. The van der Waals surface area contributed by atoms with Crippen molar-refractivity contribution in [3.05, 3.63) is 16.1 Å². The summed E-state index contributed by atoms with van der Waals surface area (Å²) >= 11 is 1.51. The number of carbonyl (C=O) groups excluding carboxylic acids is 3. The molecule has 0 unspecified atom stereocenters. The van der Waals surface area contributed by atoms with E-state index in [-0.39, 0.29) is 24.1 Å². The van der Waals surface area contributed by atoms with Crippen molar-refractivity contribution in [3.63, 3.8) is 0 Å². The summed E-state index contributed by atoms with van der Waals surface area (Å²) in [5, 5.41) is 5.41. The Labute approximate surface area is 139 Å². The van der Waals surface area contributed by atoms with Crippen molar-refractivity contribution in [2.45, 2.75) is 20.3 Å². The van der Waals surface area contributed by atoms with Crippen molar-refractivity contribution in [1.82, 2.24) is 20.1 Å². The molecule has 0 saturated carbocycles. The maximum atomic E-state index is 12.5. The van der Waals surface area contributed by atoms with Crippen LogP contribution >= 0.6 is 11.3 Å². The van der Waals surface area contributed by atoms with Crippen LogP contribution in [0.15, 0.2) is 5.38 Å². The van der Waals surface area contributed by atoms with E-state index in [1.54, 1.807) is 16.8 Å². The molecule has 0 aliphatic carbocycles. The van der Waals surface area contributed by atoms with Gasteiger partial charge in [0.1, 0.15) is 0 Å². The van der Waals surface area contributed by atoms with Crippen molar-refractivity contribution in [1.29, 1.82) is 0 Å². The van der Waals surface area contributed by atoms with Gasteiger partial charge in [0, 0.05) is 45.5 Å². The Balaban J connectivity index is 2.09. The fourth-order valence-electron chi connectivity index (χ4n) is 2.65. The van der Waals surface area contributed by atoms with Crippen molar-refractivity contribution in [2.24, 2.45) is 5.92 Å². The molecule has 0 aromatic carbocycles. The minimum absolute atomic E-state index is 0.0606. The number of carbonyl (C=O) groups is 3. The second-order valence-corrected chi connectivity index (χ2v) is 6.71. The molecule has 1 aliphatic heterocycles. The number of aryl methyl sites for hydroxylation is 1. The van der Waals surface area contributed by atoms with Crippen LogP contribution in [0, 0.1) is 12.8 Å². The number of hydrogen-bond donors (Lipinski definition) is 1. The summed E-state index contributed by atoms with van der Waals surface area (Å²) in [4.78, 5) is 43.8. The van der Waals surface area contributed by atoms with Gasteiger partial charge in [0.25, 0.3) is 0 Å². The predicted octanol–water partition coefficient (Wildman–Crippen LogP) is 0.0469. The third-order valence-corrected chi connectivity index (χ3v) is 4.76. The fraction of sp³-hybridized carbons (Fsp3) is 0.600. The third-order valence-electron chi connectivity index (χ3n) is 3.94. The topological polar surface area (TPSA) is 82.6 Å². The molecule has 1 aromatic rings. The molecule has 8 heteroatoms. The minimum Gasteiger partial charge on any atom is -0.359 e. The fourth-order valence-corrected chi connectivity index (χ4v) is 3.27. The maximum Gasteiger partial charge on any atom is 0.228 e. The highest BCUT2D eigenvalue weighted by atomic mass is 32.1. The van der Waals surface area contributed by atoms with E-state index in [4.69, 9.17) is 0 Å². The Kier molecular flexibility index (Phi) is 5.70. The molecule has 3 amide bonds. The Morgan fingerprint density at radius 2 is 1.96 bits per heavy atom. The van der Waals surface area contributed by atoms with Crippen molar-refractivity contribution >= 4 is 29.1 Å². The standard InChI is InChI=1S/C15H22N4O3S/c1-10-17-13(9-23-10)6-14(21)19-5-4-18(11(2)20)7-12(8-19)15(22)16-3/h9,12H,4-8H2,1-3H3,(H,16,22)/t12-/m0/s1. The van der Waals surface area contributed by atoms with Gasteiger partial charge in [-0.1, -0.05) is 0 Å². The number of rotatable bonds is 3. The number of hydrogen-bond acceptors (Lipinski definition) is 5. The summed E-state index contributed by atoms with van der Waals surface area (Å²) in [6, 6.07) is 0. The molecule has 0 spiro atoms. The molecular formula is C15H22N4O3S. The van der Waals surface area contributed by atoms with Crippen LogP contribution in [0.4, 0.5) is 0 Å². The summed E-state index contributed by atoms with van der Waals surface area (Å²) in [6.45, 7) is 4.94. The number of aromatic nitrogens is 1. The zero-order chi connectivity index (χ0) is 17.0. The van der Waals surface area contributed by atoms with E-state index < -0.39 is 5.92 Å². The Morgan fingerprint density at radius 3 is 2.52 bits per heavy atom. The van der Waals surface area contributed by atoms with Gasteiger partial charge >= 0.3 is 0 Å². The monoisotopic (exact) mass is 338 g/mol. The molecule has 23 heavy (non-hydrogen) atoms.